The Hall–Kier alpha value is -2.70. The van der Waals surface area contributed by atoms with Gasteiger partial charge in [0, 0.05) is 24.5 Å². The minimum atomic E-state index is -1.06. The Balaban J connectivity index is 2.64. The quantitative estimate of drug-likeness (QED) is 0.788. The first-order chi connectivity index (χ1) is 11.8. The molecule has 25 heavy (non-hydrogen) atoms. The van der Waals surface area contributed by atoms with E-state index in [1.54, 1.807) is 6.92 Å². The van der Waals surface area contributed by atoms with E-state index in [1.807, 2.05) is 6.92 Å². The van der Waals surface area contributed by atoms with Crippen LogP contribution >= 0.6 is 0 Å². The highest BCUT2D eigenvalue weighted by Crippen LogP contribution is 2.47. The molecular formula is C18H22O7. The molecule has 2 atom stereocenters. The van der Waals surface area contributed by atoms with E-state index in [9.17, 15) is 14.7 Å². The molecule has 2 rings (SSSR count). The van der Waals surface area contributed by atoms with E-state index in [-0.39, 0.29) is 46.7 Å². The Labute approximate surface area is 146 Å². The predicted molar refractivity (Wildman–Crippen MR) is 89.5 cm³/mol. The Morgan fingerprint density at radius 1 is 1.20 bits per heavy atom. The van der Waals surface area contributed by atoms with E-state index in [0.29, 0.717) is 12.0 Å². The average Bonchev–Trinajstić information content (AvgIpc) is 2.59. The number of methoxy groups -OCH3 is 3. The average molecular weight is 350 g/mol. The monoisotopic (exact) mass is 350 g/mol. The molecule has 1 aromatic carbocycles. The van der Waals surface area contributed by atoms with Crippen molar-refractivity contribution >= 4 is 12.1 Å². The van der Waals surface area contributed by atoms with Gasteiger partial charge in [-0.3, -0.25) is 9.59 Å². The molecule has 0 aromatic heterocycles. The van der Waals surface area contributed by atoms with Gasteiger partial charge in [-0.15, -0.1) is 0 Å². The van der Waals surface area contributed by atoms with E-state index >= 15 is 0 Å². The number of ether oxygens (including phenoxy) is 4. The molecule has 0 spiro atoms. The zero-order chi connectivity index (χ0) is 18.8. The van der Waals surface area contributed by atoms with Crippen molar-refractivity contribution in [3.8, 4) is 23.0 Å². The molecule has 0 radical (unpaired) electrons. The summed E-state index contributed by atoms with van der Waals surface area (Å²) in [7, 11) is 4.21. The van der Waals surface area contributed by atoms with Gasteiger partial charge in [0.2, 0.25) is 5.75 Å². The SMILES string of the molecule is COC1=CC(=O)CC(C)[C@]1(C)Oc1c(O)c(OC)cc(OC)c1C=O. The standard InChI is InChI=1S/C18H22O7/c1-10-6-11(20)7-15(24-5)18(10,2)25-17-12(9-19)13(22-3)8-14(23-4)16(17)21/h7-10,21H,6H2,1-5H3/t10?,18-/m0/s1. The molecule has 0 saturated heterocycles. The molecule has 1 aliphatic rings. The van der Waals surface area contributed by atoms with Crippen LogP contribution in [0.25, 0.3) is 0 Å². The smallest absolute Gasteiger partial charge is 0.201 e. The van der Waals surface area contributed by atoms with Crippen molar-refractivity contribution in [2.75, 3.05) is 21.3 Å². The number of phenols is 1. The molecule has 136 valence electrons. The highest BCUT2D eigenvalue weighted by atomic mass is 16.6. The van der Waals surface area contributed by atoms with Gasteiger partial charge in [-0.2, -0.15) is 0 Å². The lowest BCUT2D eigenvalue weighted by atomic mass is 9.80. The molecular weight excluding hydrogens is 328 g/mol. The molecule has 0 heterocycles. The second kappa shape index (κ2) is 7.04. The predicted octanol–water partition coefficient (Wildman–Crippen LogP) is 2.50. The highest BCUT2D eigenvalue weighted by Gasteiger charge is 2.44. The van der Waals surface area contributed by atoms with Gasteiger partial charge in [0.15, 0.2) is 29.2 Å². The molecule has 0 bridgehead atoms. The third-order valence-electron chi connectivity index (χ3n) is 4.54. The fourth-order valence-electron chi connectivity index (χ4n) is 2.87. The first-order valence-electron chi connectivity index (χ1n) is 7.73. The molecule has 0 saturated carbocycles. The number of carbonyl (C=O) groups is 2. The fourth-order valence-corrected chi connectivity index (χ4v) is 2.87. The van der Waals surface area contributed by atoms with Crippen molar-refractivity contribution in [2.24, 2.45) is 5.92 Å². The van der Waals surface area contributed by atoms with Crippen molar-refractivity contribution in [3.05, 3.63) is 23.5 Å². The second-order valence-electron chi connectivity index (χ2n) is 5.98. The molecule has 1 unspecified atom stereocenters. The van der Waals surface area contributed by atoms with Gasteiger partial charge in [0.05, 0.1) is 21.3 Å². The Morgan fingerprint density at radius 2 is 1.84 bits per heavy atom. The zero-order valence-corrected chi connectivity index (χ0v) is 14.9. The normalized spacial score (nSPS) is 22.8. The van der Waals surface area contributed by atoms with Gasteiger partial charge < -0.3 is 24.1 Å². The summed E-state index contributed by atoms with van der Waals surface area (Å²) >= 11 is 0. The summed E-state index contributed by atoms with van der Waals surface area (Å²) in [6, 6.07) is 1.40. The van der Waals surface area contributed by atoms with Gasteiger partial charge in [-0.25, -0.2) is 0 Å². The van der Waals surface area contributed by atoms with E-state index in [0.717, 1.165) is 0 Å². The van der Waals surface area contributed by atoms with Crippen LogP contribution in [0.15, 0.2) is 17.9 Å². The van der Waals surface area contributed by atoms with Gasteiger partial charge in [0.1, 0.15) is 17.1 Å². The summed E-state index contributed by atoms with van der Waals surface area (Å²) in [5, 5.41) is 10.5. The molecule has 0 aliphatic heterocycles. The van der Waals surface area contributed by atoms with Crippen molar-refractivity contribution in [2.45, 2.75) is 25.9 Å². The maximum Gasteiger partial charge on any atom is 0.201 e. The minimum absolute atomic E-state index is 0.0431. The van der Waals surface area contributed by atoms with Crippen LogP contribution in [0, 0.1) is 5.92 Å². The fraction of sp³-hybridized carbons (Fsp3) is 0.444. The number of aromatic hydroxyl groups is 1. The van der Waals surface area contributed by atoms with Crippen molar-refractivity contribution in [1.29, 1.82) is 0 Å². The van der Waals surface area contributed by atoms with Crippen LogP contribution in [0.2, 0.25) is 0 Å². The summed E-state index contributed by atoms with van der Waals surface area (Å²) in [5.41, 5.74) is -1.02. The third kappa shape index (κ3) is 3.14. The van der Waals surface area contributed by atoms with E-state index in [2.05, 4.69) is 0 Å². The molecule has 0 fully saturated rings. The number of benzene rings is 1. The second-order valence-corrected chi connectivity index (χ2v) is 5.98. The lowest BCUT2D eigenvalue weighted by Gasteiger charge is -2.39. The maximum absolute atomic E-state index is 11.8. The lowest BCUT2D eigenvalue weighted by Crippen LogP contribution is -2.46. The Kier molecular flexibility index (Phi) is 5.25. The summed E-state index contributed by atoms with van der Waals surface area (Å²) in [5.74, 6) is -0.128. The zero-order valence-electron chi connectivity index (χ0n) is 14.9. The van der Waals surface area contributed by atoms with Crippen molar-refractivity contribution < 1.29 is 33.6 Å². The van der Waals surface area contributed by atoms with E-state index in [4.69, 9.17) is 18.9 Å². The Morgan fingerprint density at radius 3 is 2.36 bits per heavy atom. The molecule has 7 nitrogen and oxygen atoms in total. The summed E-state index contributed by atoms with van der Waals surface area (Å²) in [6.07, 6.45) is 2.15. The maximum atomic E-state index is 11.8. The van der Waals surface area contributed by atoms with Crippen molar-refractivity contribution in [3.63, 3.8) is 0 Å². The third-order valence-corrected chi connectivity index (χ3v) is 4.54. The van der Waals surface area contributed by atoms with Gasteiger partial charge in [-0.05, 0) is 6.92 Å². The number of carbonyl (C=O) groups excluding carboxylic acids is 2. The first kappa shape index (κ1) is 18.6. The topological polar surface area (TPSA) is 91.3 Å². The first-order valence-corrected chi connectivity index (χ1v) is 7.73. The largest absolute Gasteiger partial charge is 0.502 e. The number of hydrogen-bond acceptors (Lipinski definition) is 7. The van der Waals surface area contributed by atoms with Crippen LogP contribution in [0.5, 0.6) is 23.0 Å². The van der Waals surface area contributed by atoms with Crippen molar-refractivity contribution in [1.82, 2.24) is 0 Å². The van der Waals surface area contributed by atoms with Crippen LogP contribution in [-0.2, 0) is 9.53 Å². The number of allylic oxidation sites excluding steroid dienone is 1. The molecule has 7 heteroatoms. The van der Waals surface area contributed by atoms with Crippen LogP contribution in [0.1, 0.15) is 30.6 Å². The number of phenolic OH excluding ortho intramolecular Hbond substituents is 1. The highest BCUT2D eigenvalue weighted by molar-refractivity contribution is 5.92. The number of aldehydes is 1. The lowest BCUT2D eigenvalue weighted by molar-refractivity contribution is -0.119. The summed E-state index contributed by atoms with van der Waals surface area (Å²) < 4.78 is 21.7. The minimum Gasteiger partial charge on any atom is -0.502 e. The van der Waals surface area contributed by atoms with Gasteiger partial charge >= 0.3 is 0 Å². The van der Waals surface area contributed by atoms with E-state index < -0.39 is 5.60 Å². The number of ketones is 1. The number of rotatable bonds is 6. The van der Waals surface area contributed by atoms with Crippen LogP contribution in [0.4, 0.5) is 0 Å². The summed E-state index contributed by atoms with van der Waals surface area (Å²) in [6.45, 7) is 3.57. The number of hydrogen-bond donors (Lipinski definition) is 1. The Bertz CT molecular complexity index is 723. The molecule has 1 N–H and O–H groups in total. The molecule has 0 amide bonds. The molecule has 1 aromatic rings. The van der Waals surface area contributed by atoms with Crippen LogP contribution in [0.3, 0.4) is 0 Å². The van der Waals surface area contributed by atoms with Gasteiger partial charge in [-0.1, -0.05) is 6.92 Å². The van der Waals surface area contributed by atoms with E-state index in [1.165, 1.54) is 33.5 Å². The molecule has 1 aliphatic carbocycles. The van der Waals surface area contributed by atoms with Crippen LogP contribution in [-0.4, -0.2) is 44.1 Å². The van der Waals surface area contributed by atoms with Crippen LogP contribution < -0.4 is 14.2 Å². The van der Waals surface area contributed by atoms with Gasteiger partial charge in [0.25, 0.3) is 0 Å². The summed E-state index contributed by atoms with van der Waals surface area (Å²) in [4.78, 5) is 23.4.